The zero-order chi connectivity index (χ0) is 15.8. The van der Waals surface area contributed by atoms with Gasteiger partial charge in [-0.2, -0.15) is 22.0 Å². The van der Waals surface area contributed by atoms with Gasteiger partial charge in [-0.3, -0.25) is 4.79 Å². The third-order valence-corrected chi connectivity index (χ3v) is 4.27. The Morgan fingerprint density at radius 2 is 1.71 bits per heavy atom. The summed E-state index contributed by atoms with van der Waals surface area (Å²) in [6.07, 6.45) is -8.74. The fourth-order valence-electron chi connectivity index (χ4n) is 1.90. The highest BCUT2D eigenvalue weighted by molar-refractivity contribution is 8.00. The lowest BCUT2D eigenvalue weighted by Gasteiger charge is -2.27. The van der Waals surface area contributed by atoms with E-state index < -0.39 is 35.8 Å². The van der Waals surface area contributed by atoms with Gasteiger partial charge in [-0.05, 0) is 19.1 Å². The van der Waals surface area contributed by atoms with Crippen LogP contribution >= 0.6 is 11.8 Å². The number of carbonyl (C=O) groups is 1. The van der Waals surface area contributed by atoms with Crippen molar-refractivity contribution in [3.63, 3.8) is 0 Å². The molecule has 0 bridgehead atoms. The number of carbonyl (C=O) groups excluding carboxylic acids is 1. The third-order valence-electron chi connectivity index (χ3n) is 3.01. The average Bonchev–Trinajstić information content (AvgIpc) is 2.72. The first-order valence-electron chi connectivity index (χ1n) is 5.98. The van der Waals surface area contributed by atoms with Crippen molar-refractivity contribution < 1.29 is 31.5 Å². The SMILES string of the molecule is Cc1ccc(S[C@@H]2CC(=O)O[C@@H]2C(F)(F)C(F)(F)F)cc1. The minimum absolute atomic E-state index is 0.477. The minimum Gasteiger partial charge on any atom is -0.454 e. The first-order valence-corrected chi connectivity index (χ1v) is 6.86. The standard InChI is InChI=1S/C13H11F5O2S/c1-7-2-4-8(5-3-7)21-9-6-10(19)20-11(9)12(14,15)13(16,17)18/h2-5,9,11H,6H2,1H3/t9-,11+/m1/s1. The van der Waals surface area contributed by atoms with Crippen molar-refractivity contribution in [3.8, 4) is 0 Å². The molecular weight excluding hydrogens is 315 g/mol. The summed E-state index contributed by atoms with van der Waals surface area (Å²) in [5, 5.41) is -1.28. The summed E-state index contributed by atoms with van der Waals surface area (Å²) in [7, 11) is 0. The Morgan fingerprint density at radius 1 is 1.14 bits per heavy atom. The van der Waals surface area contributed by atoms with Gasteiger partial charge < -0.3 is 4.74 Å². The van der Waals surface area contributed by atoms with E-state index in [1.165, 1.54) is 0 Å². The van der Waals surface area contributed by atoms with Gasteiger partial charge in [-0.1, -0.05) is 17.7 Å². The molecular formula is C13H11F5O2S. The van der Waals surface area contributed by atoms with Crippen LogP contribution in [0.3, 0.4) is 0 Å². The second-order valence-electron chi connectivity index (χ2n) is 4.70. The molecule has 0 spiro atoms. The van der Waals surface area contributed by atoms with E-state index in [1.54, 1.807) is 24.3 Å². The monoisotopic (exact) mass is 326 g/mol. The molecule has 21 heavy (non-hydrogen) atoms. The highest BCUT2D eigenvalue weighted by Gasteiger charge is 2.67. The molecule has 0 amide bonds. The first kappa shape index (κ1) is 16.1. The average molecular weight is 326 g/mol. The Morgan fingerprint density at radius 3 is 2.24 bits per heavy atom. The van der Waals surface area contributed by atoms with Crippen molar-refractivity contribution in [1.29, 1.82) is 0 Å². The van der Waals surface area contributed by atoms with Crippen molar-refractivity contribution in [1.82, 2.24) is 0 Å². The van der Waals surface area contributed by atoms with E-state index in [-0.39, 0.29) is 0 Å². The van der Waals surface area contributed by atoms with Gasteiger partial charge in [0.1, 0.15) is 0 Å². The lowest BCUT2D eigenvalue weighted by Crippen LogP contribution is -2.50. The smallest absolute Gasteiger partial charge is 0.454 e. The molecule has 1 aliphatic heterocycles. The number of alkyl halides is 5. The van der Waals surface area contributed by atoms with Crippen LogP contribution in [0.25, 0.3) is 0 Å². The van der Waals surface area contributed by atoms with Gasteiger partial charge in [-0.15, -0.1) is 11.8 Å². The number of esters is 1. The molecule has 1 fully saturated rings. The van der Waals surface area contributed by atoms with Crippen LogP contribution in [-0.2, 0) is 9.53 Å². The second kappa shape index (κ2) is 5.47. The van der Waals surface area contributed by atoms with Crippen molar-refractivity contribution in [2.24, 2.45) is 0 Å². The van der Waals surface area contributed by atoms with Crippen LogP contribution < -0.4 is 0 Å². The molecule has 0 radical (unpaired) electrons. The van der Waals surface area contributed by atoms with Crippen LogP contribution in [0, 0.1) is 6.92 Å². The Balaban J connectivity index is 2.21. The van der Waals surface area contributed by atoms with Gasteiger partial charge >= 0.3 is 18.1 Å². The van der Waals surface area contributed by atoms with E-state index >= 15 is 0 Å². The molecule has 116 valence electrons. The summed E-state index contributed by atoms with van der Waals surface area (Å²) in [6.45, 7) is 1.82. The van der Waals surface area contributed by atoms with E-state index in [9.17, 15) is 26.7 Å². The molecule has 0 saturated carbocycles. The molecule has 1 saturated heterocycles. The number of hydrogen-bond acceptors (Lipinski definition) is 3. The van der Waals surface area contributed by atoms with E-state index in [0.717, 1.165) is 17.3 Å². The summed E-state index contributed by atoms with van der Waals surface area (Å²) < 4.78 is 68.3. The van der Waals surface area contributed by atoms with Crippen LogP contribution in [-0.4, -0.2) is 29.4 Å². The quantitative estimate of drug-likeness (QED) is 0.621. The Kier molecular flexibility index (Phi) is 4.19. The number of cyclic esters (lactones) is 1. The summed E-state index contributed by atoms with van der Waals surface area (Å²) in [6, 6.07) is 6.62. The van der Waals surface area contributed by atoms with Gasteiger partial charge in [0.15, 0.2) is 6.10 Å². The number of hydrogen-bond donors (Lipinski definition) is 0. The van der Waals surface area contributed by atoms with Gasteiger partial charge in [0.05, 0.1) is 11.7 Å². The number of benzene rings is 1. The molecule has 0 aromatic heterocycles. The molecule has 1 heterocycles. The van der Waals surface area contributed by atoms with Crippen molar-refractivity contribution in [2.75, 3.05) is 0 Å². The predicted molar refractivity (Wildman–Crippen MR) is 66.3 cm³/mol. The van der Waals surface area contributed by atoms with E-state index in [4.69, 9.17) is 0 Å². The zero-order valence-electron chi connectivity index (χ0n) is 10.8. The van der Waals surface area contributed by atoms with E-state index in [0.29, 0.717) is 4.90 Å². The highest BCUT2D eigenvalue weighted by atomic mass is 32.2. The Labute approximate surface area is 121 Å². The van der Waals surface area contributed by atoms with Crippen molar-refractivity contribution in [3.05, 3.63) is 29.8 Å². The summed E-state index contributed by atoms with van der Waals surface area (Å²) >= 11 is 0.789. The molecule has 2 nitrogen and oxygen atoms in total. The molecule has 0 aliphatic carbocycles. The van der Waals surface area contributed by atoms with Crippen LogP contribution in [0.4, 0.5) is 22.0 Å². The Bertz CT molecular complexity index is 526. The van der Waals surface area contributed by atoms with Crippen molar-refractivity contribution in [2.45, 2.75) is 41.7 Å². The summed E-state index contributed by atoms with van der Waals surface area (Å²) in [4.78, 5) is 11.7. The molecule has 1 aliphatic rings. The van der Waals surface area contributed by atoms with E-state index in [2.05, 4.69) is 4.74 Å². The maximum atomic E-state index is 13.4. The molecule has 0 unspecified atom stereocenters. The van der Waals surface area contributed by atoms with Crippen LogP contribution in [0.2, 0.25) is 0 Å². The predicted octanol–water partition coefficient (Wildman–Crippen LogP) is 3.97. The number of ether oxygens (including phenoxy) is 1. The first-order chi connectivity index (χ1) is 9.61. The normalized spacial score (nSPS) is 23.2. The molecule has 0 N–H and O–H groups in total. The van der Waals surface area contributed by atoms with Gasteiger partial charge in [-0.25, -0.2) is 0 Å². The summed E-state index contributed by atoms with van der Waals surface area (Å²) in [5.41, 5.74) is 0.926. The zero-order valence-corrected chi connectivity index (χ0v) is 11.6. The van der Waals surface area contributed by atoms with Gasteiger partial charge in [0.25, 0.3) is 0 Å². The van der Waals surface area contributed by atoms with Gasteiger partial charge in [0.2, 0.25) is 0 Å². The van der Waals surface area contributed by atoms with E-state index in [1.807, 2.05) is 6.92 Å². The molecule has 1 aromatic carbocycles. The van der Waals surface area contributed by atoms with Crippen LogP contribution in [0.15, 0.2) is 29.2 Å². The number of thioether (sulfide) groups is 1. The lowest BCUT2D eigenvalue weighted by atomic mass is 10.1. The molecule has 2 rings (SSSR count). The Hall–Kier alpha value is -1.31. The van der Waals surface area contributed by atoms with Crippen LogP contribution in [0.1, 0.15) is 12.0 Å². The third kappa shape index (κ3) is 3.30. The molecule has 2 atom stereocenters. The van der Waals surface area contributed by atoms with Crippen molar-refractivity contribution >= 4 is 17.7 Å². The maximum absolute atomic E-state index is 13.4. The minimum atomic E-state index is -5.76. The fraction of sp³-hybridized carbons (Fsp3) is 0.462. The number of aryl methyl sites for hydroxylation is 1. The van der Waals surface area contributed by atoms with Crippen LogP contribution in [0.5, 0.6) is 0 Å². The topological polar surface area (TPSA) is 26.3 Å². The molecule has 8 heteroatoms. The fourth-order valence-corrected chi connectivity index (χ4v) is 3.11. The second-order valence-corrected chi connectivity index (χ2v) is 6.02. The largest absolute Gasteiger partial charge is 0.457 e. The lowest BCUT2D eigenvalue weighted by molar-refractivity contribution is -0.310. The number of rotatable bonds is 3. The van der Waals surface area contributed by atoms with Gasteiger partial charge in [0, 0.05) is 4.90 Å². The molecule has 1 aromatic rings. The number of halogens is 5. The summed E-state index contributed by atoms with van der Waals surface area (Å²) in [5.74, 6) is -6.12. The maximum Gasteiger partial charge on any atom is 0.457 e. The highest BCUT2D eigenvalue weighted by Crippen LogP contribution is 2.46.